The van der Waals surface area contributed by atoms with Gasteiger partial charge >= 0.3 is 6.18 Å². The van der Waals surface area contributed by atoms with Crippen molar-refractivity contribution in [2.24, 2.45) is 5.92 Å². The van der Waals surface area contributed by atoms with Crippen LogP contribution in [-0.4, -0.2) is 38.8 Å². The van der Waals surface area contributed by atoms with E-state index in [1.165, 1.54) is 0 Å². The minimum absolute atomic E-state index is 0.0935. The van der Waals surface area contributed by atoms with Crippen molar-refractivity contribution in [2.45, 2.75) is 6.18 Å². The second kappa shape index (κ2) is 4.94. The van der Waals surface area contributed by atoms with Crippen LogP contribution >= 0.6 is 0 Å². The molecule has 0 radical (unpaired) electrons. The number of anilines is 1. The maximum absolute atomic E-state index is 12.6. The van der Waals surface area contributed by atoms with E-state index in [9.17, 15) is 13.2 Å². The lowest BCUT2D eigenvalue weighted by atomic mass is 10.00. The van der Waals surface area contributed by atoms with Crippen LogP contribution in [0, 0.1) is 5.92 Å². The predicted molar refractivity (Wildman–Crippen MR) is 78.0 cm³/mol. The summed E-state index contributed by atoms with van der Waals surface area (Å²) >= 11 is 0. The first-order valence-electron chi connectivity index (χ1n) is 7.11. The van der Waals surface area contributed by atoms with E-state index in [4.69, 9.17) is 0 Å². The van der Waals surface area contributed by atoms with Crippen molar-refractivity contribution in [3.63, 3.8) is 0 Å². The summed E-state index contributed by atoms with van der Waals surface area (Å²) in [5.74, 6) is -0.235. The first kappa shape index (κ1) is 14.0. The zero-order valence-corrected chi connectivity index (χ0v) is 11.9. The molecule has 0 amide bonds. The lowest BCUT2D eigenvalue weighted by molar-refractivity contribution is -0.180. The van der Waals surface area contributed by atoms with Gasteiger partial charge in [-0.3, -0.25) is 4.40 Å². The van der Waals surface area contributed by atoms with Crippen molar-refractivity contribution in [1.82, 2.24) is 19.6 Å². The molecule has 0 aliphatic carbocycles. The summed E-state index contributed by atoms with van der Waals surface area (Å²) in [5.41, 5.74) is 1.35. The second-order valence-electron chi connectivity index (χ2n) is 5.48. The van der Waals surface area contributed by atoms with Crippen molar-refractivity contribution in [3.8, 4) is 11.4 Å². The molecule has 1 aromatic carbocycles. The summed E-state index contributed by atoms with van der Waals surface area (Å²) in [7, 11) is 0. The van der Waals surface area contributed by atoms with Crippen LogP contribution in [0.1, 0.15) is 0 Å². The van der Waals surface area contributed by atoms with Gasteiger partial charge < -0.3 is 4.90 Å². The fourth-order valence-electron chi connectivity index (χ4n) is 2.68. The molecule has 8 heteroatoms. The molecule has 1 aliphatic rings. The lowest BCUT2D eigenvalue weighted by Crippen LogP contribution is -2.53. The third kappa shape index (κ3) is 2.30. The number of hydrogen-bond donors (Lipinski definition) is 0. The third-order valence-corrected chi connectivity index (χ3v) is 3.98. The number of aromatic nitrogens is 4. The average Bonchev–Trinajstić information content (AvgIpc) is 2.90. The van der Waals surface area contributed by atoms with E-state index < -0.39 is 12.1 Å². The molecule has 0 unspecified atom stereocenters. The van der Waals surface area contributed by atoms with E-state index in [0.29, 0.717) is 17.3 Å². The van der Waals surface area contributed by atoms with E-state index in [2.05, 4.69) is 15.2 Å². The van der Waals surface area contributed by atoms with Gasteiger partial charge in [-0.15, -0.1) is 10.2 Å². The van der Waals surface area contributed by atoms with Crippen molar-refractivity contribution < 1.29 is 13.2 Å². The highest BCUT2D eigenvalue weighted by Gasteiger charge is 2.48. The third-order valence-electron chi connectivity index (χ3n) is 3.98. The smallest absolute Gasteiger partial charge is 0.352 e. The number of benzene rings is 1. The van der Waals surface area contributed by atoms with Crippen LogP contribution in [0.15, 0.2) is 42.7 Å². The zero-order chi connectivity index (χ0) is 16.0. The molecule has 1 aliphatic heterocycles. The van der Waals surface area contributed by atoms with Crippen LogP contribution in [0.5, 0.6) is 0 Å². The van der Waals surface area contributed by atoms with Crippen molar-refractivity contribution >= 4 is 11.5 Å². The molecule has 2 aromatic heterocycles. The molecule has 23 heavy (non-hydrogen) atoms. The largest absolute Gasteiger partial charge is 0.395 e. The van der Waals surface area contributed by atoms with E-state index in [0.717, 1.165) is 5.56 Å². The summed E-state index contributed by atoms with van der Waals surface area (Å²) < 4.78 is 39.7. The van der Waals surface area contributed by atoms with Crippen LogP contribution in [0.2, 0.25) is 0 Å². The van der Waals surface area contributed by atoms with E-state index in [1.807, 2.05) is 30.3 Å². The molecule has 118 valence electrons. The summed E-state index contributed by atoms with van der Waals surface area (Å²) in [6.45, 7) is -0.187. The minimum Gasteiger partial charge on any atom is -0.352 e. The molecule has 0 N–H and O–H groups in total. The van der Waals surface area contributed by atoms with Gasteiger partial charge in [-0.1, -0.05) is 30.3 Å². The quantitative estimate of drug-likeness (QED) is 0.729. The Morgan fingerprint density at radius 1 is 1.04 bits per heavy atom. The van der Waals surface area contributed by atoms with Crippen LogP contribution in [0.25, 0.3) is 17.0 Å². The first-order chi connectivity index (χ1) is 11.0. The molecule has 0 saturated carbocycles. The maximum Gasteiger partial charge on any atom is 0.395 e. The Kier molecular flexibility index (Phi) is 3.00. The Bertz CT molecular complexity index is 837. The van der Waals surface area contributed by atoms with E-state index >= 15 is 0 Å². The molecule has 0 bridgehead atoms. The topological polar surface area (TPSA) is 46.3 Å². The Morgan fingerprint density at radius 2 is 1.78 bits per heavy atom. The number of fused-ring (bicyclic) bond motifs is 1. The van der Waals surface area contributed by atoms with E-state index in [-0.39, 0.29) is 13.1 Å². The fourth-order valence-corrected chi connectivity index (χ4v) is 2.68. The molecule has 5 nitrogen and oxygen atoms in total. The molecule has 3 aromatic rings. The molecule has 1 saturated heterocycles. The van der Waals surface area contributed by atoms with Gasteiger partial charge in [0.05, 0.1) is 5.92 Å². The summed E-state index contributed by atoms with van der Waals surface area (Å²) in [4.78, 5) is 5.77. The number of alkyl halides is 3. The summed E-state index contributed by atoms with van der Waals surface area (Å²) in [6, 6.07) is 9.49. The standard InChI is InChI=1S/C15H12F3N5/c16-15(17,18)11-8-22(9-11)13-14-21-20-12(23(14)7-6-19-13)10-4-2-1-3-5-10/h1-7,11H,8-9H2. The fraction of sp³-hybridized carbons (Fsp3) is 0.267. The highest BCUT2D eigenvalue weighted by molar-refractivity contribution is 5.69. The molecular weight excluding hydrogens is 307 g/mol. The van der Waals surface area contributed by atoms with Crippen LogP contribution in [0.3, 0.4) is 0 Å². The van der Waals surface area contributed by atoms with Gasteiger partial charge in [-0.2, -0.15) is 13.2 Å². The van der Waals surface area contributed by atoms with Gasteiger partial charge in [0, 0.05) is 31.0 Å². The number of nitrogens with zero attached hydrogens (tertiary/aromatic N) is 5. The van der Waals surface area contributed by atoms with E-state index in [1.54, 1.807) is 21.7 Å². The molecule has 0 atom stereocenters. The Balaban J connectivity index is 1.70. The molecule has 3 heterocycles. The van der Waals surface area contributed by atoms with Gasteiger partial charge in [0.1, 0.15) is 0 Å². The van der Waals surface area contributed by atoms with Gasteiger partial charge in [-0.25, -0.2) is 4.98 Å². The minimum atomic E-state index is -4.16. The summed E-state index contributed by atoms with van der Waals surface area (Å²) in [5, 5.41) is 8.27. The number of rotatable bonds is 2. The number of hydrogen-bond acceptors (Lipinski definition) is 4. The zero-order valence-electron chi connectivity index (χ0n) is 11.9. The molecule has 0 spiro atoms. The molecule has 4 rings (SSSR count). The molecular formula is C15H12F3N5. The highest BCUT2D eigenvalue weighted by Crippen LogP contribution is 2.36. The second-order valence-corrected chi connectivity index (χ2v) is 5.48. The van der Waals surface area contributed by atoms with Gasteiger partial charge in [0.25, 0.3) is 0 Å². The SMILES string of the molecule is FC(F)(F)C1CN(c2nccn3c(-c4ccccc4)nnc23)C1. The van der Waals surface area contributed by atoms with Crippen molar-refractivity contribution in [3.05, 3.63) is 42.7 Å². The Labute approximate surface area is 129 Å². The predicted octanol–water partition coefficient (Wildman–Crippen LogP) is 2.79. The van der Waals surface area contributed by atoms with Crippen LogP contribution in [-0.2, 0) is 0 Å². The van der Waals surface area contributed by atoms with Gasteiger partial charge in [0.2, 0.25) is 5.65 Å². The lowest BCUT2D eigenvalue weighted by Gasteiger charge is -2.40. The van der Waals surface area contributed by atoms with Crippen molar-refractivity contribution in [1.29, 1.82) is 0 Å². The van der Waals surface area contributed by atoms with Gasteiger partial charge in [-0.05, 0) is 0 Å². The molecule has 1 fully saturated rings. The number of halogens is 3. The van der Waals surface area contributed by atoms with Crippen LogP contribution < -0.4 is 4.90 Å². The van der Waals surface area contributed by atoms with Crippen molar-refractivity contribution in [2.75, 3.05) is 18.0 Å². The summed E-state index contributed by atoms with van der Waals surface area (Å²) in [6.07, 6.45) is -0.897. The normalized spacial score (nSPS) is 15.9. The maximum atomic E-state index is 12.6. The monoisotopic (exact) mass is 319 g/mol. The van der Waals surface area contributed by atoms with Crippen LogP contribution in [0.4, 0.5) is 19.0 Å². The Morgan fingerprint density at radius 3 is 2.48 bits per heavy atom. The van der Waals surface area contributed by atoms with Gasteiger partial charge in [0.15, 0.2) is 11.6 Å². The highest BCUT2D eigenvalue weighted by atomic mass is 19.4. The first-order valence-corrected chi connectivity index (χ1v) is 7.11. The average molecular weight is 319 g/mol. The Hall–Kier alpha value is -2.64.